The molecule has 8 heteroatoms. The average Bonchev–Trinajstić information content (AvgIpc) is 2.50. The van der Waals surface area contributed by atoms with E-state index < -0.39 is 20.6 Å². The maximum atomic E-state index is 11.3. The highest BCUT2D eigenvalue weighted by Gasteiger charge is 2.41. The third-order valence-electron chi connectivity index (χ3n) is 4.28. The molecule has 0 heterocycles. The van der Waals surface area contributed by atoms with E-state index in [1.165, 1.54) is 16.7 Å². The van der Waals surface area contributed by atoms with Crippen LogP contribution in [-0.4, -0.2) is 25.0 Å². The van der Waals surface area contributed by atoms with Crippen LogP contribution in [0.2, 0.25) is 0 Å². The molecular weight excluding hydrogens is 398 g/mol. The third-order valence-corrected chi connectivity index (χ3v) is 7.76. The summed E-state index contributed by atoms with van der Waals surface area (Å²) < 4.78 is 22.6. The lowest BCUT2D eigenvalue weighted by molar-refractivity contribution is 0.346. The molecule has 0 atom stereocenters. The van der Waals surface area contributed by atoms with Crippen LogP contribution in [0, 0.1) is 0 Å². The second-order valence-corrected chi connectivity index (χ2v) is 11.5. The summed E-state index contributed by atoms with van der Waals surface area (Å²) in [6, 6.07) is 0. The van der Waals surface area contributed by atoms with Crippen LogP contribution < -0.4 is 0 Å². The van der Waals surface area contributed by atoms with Crippen molar-refractivity contribution in [2.75, 3.05) is 0 Å². The van der Waals surface area contributed by atoms with Gasteiger partial charge in [-0.2, -0.15) is 0 Å². The van der Waals surface area contributed by atoms with E-state index in [9.17, 15) is 9.13 Å². The molecule has 0 spiro atoms. The third kappa shape index (κ3) is 13.4. The predicted octanol–water partition coefficient (Wildman–Crippen LogP) is 5.81. The Bertz CT molecular complexity index is 680. The molecule has 0 saturated heterocycles. The fourth-order valence-electron chi connectivity index (χ4n) is 2.61. The first-order valence-corrected chi connectivity index (χ1v) is 12.8. The summed E-state index contributed by atoms with van der Waals surface area (Å²) in [5.41, 5.74) is 4.49. The minimum Gasteiger partial charge on any atom is -0.324 e. The van der Waals surface area contributed by atoms with Gasteiger partial charge in [0, 0.05) is 0 Å². The summed E-state index contributed by atoms with van der Waals surface area (Å²) in [6.07, 6.45) is 12.8. The Balaban J connectivity index is 4.55. The van der Waals surface area contributed by atoms with Crippen molar-refractivity contribution in [3.05, 3.63) is 46.6 Å². The van der Waals surface area contributed by atoms with Gasteiger partial charge >= 0.3 is 15.2 Å². The van der Waals surface area contributed by atoms with Crippen molar-refractivity contribution in [3.63, 3.8) is 0 Å². The predicted molar refractivity (Wildman–Crippen MR) is 116 cm³/mol. The SMILES string of the molecule is CC(C)=CCCC(C)=CCCC(C)=CCCC(C)=CC(P(=O)(O)O)P(=O)(O)O. The Morgan fingerprint density at radius 3 is 1.39 bits per heavy atom. The Morgan fingerprint density at radius 1 is 0.679 bits per heavy atom. The van der Waals surface area contributed by atoms with Gasteiger partial charge in [0.15, 0.2) is 5.40 Å². The molecule has 0 aliphatic heterocycles. The van der Waals surface area contributed by atoms with Gasteiger partial charge in [-0.05, 0) is 73.1 Å². The van der Waals surface area contributed by atoms with Crippen LogP contribution in [0.5, 0.6) is 0 Å². The van der Waals surface area contributed by atoms with E-state index in [0.717, 1.165) is 31.8 Å². The van der Waals surface area contributed by atoms with Crippen molar-refractivity contribution < 1.29 is 28.7 Å². The maximum Gasteiger partial charge on any atom is 0.344 e. The molecule has 162 valence electrons. The van der Waals surface area contributed by atoms with Crippen molar-refractivity contribution >= 4 is 15.2 Å². The molecular formula is C20H36O6P2. The fraction of sp³-hybridized carbons (Fsp3) is 0.600. The van der Waals surface area contributed by atoms with Gasteiger partial charge in [0.2, 0.25) is 0 Å². The number of allylic oxidation sites excluding steroid dienone is 8. The van der Waals surface area contributed by atoms with Gasteiger partial charge in [-0.1, -0.05) is 46.6 Å². The molecule has 4 N–H and O–H groups in total. The first-order chi connectivity index (χ1) is 12.7. The van der Waals surface area contributed by atoms with E-state index in [-0.39, 0.29) is 0 Å². The van der Waals surface area contributed by atoms with Crippen LogP contribution in [0.1, 0.15) is 73.1 Å². The highest BCUT2D eigenvalue weighted by atomic mass is 31.2. The van der Waals surface area contributed by atoms with Gasteiger partial charge in [0.25, 0.3) is 0 Å². The van der Waals surface area contributed by atoms with Crippen LogP contribution in [0.4, 0.5) is 0 Å². The molecule has 0 aliphatic carbocycles. The number of rotatable bonds is 12. The highest BCUT2D eigenvalue weighted by molar-refractivity contribution is 7.71. The monoisotopic (exact) mass is 434 g/mol. The normalized spacial score (nSPS) is 14.6. The lowest BCUT2D eigenvalue weighted by Crippen LogP contribution is -2.06. The largest absolute Gasteiger partial charge is 0.344 e. The first-order valence-electron chi connectivity index (χ1n) is 9.45. The first kappa shape index (κ1) is 27.3. The Labute approximate surface area is 169 Å². The minimum absolute atomic E-state index is 0.491. The molecule has 0 fully saturated rings. The van der Waals surface area contributed by atoms with Gasteiger partial charge < -0.3 is 19.6 Å². The fourth-order valence-corrected chi connectivity index (χ4v) is 5.08. The summed E-state index contributed by atoms with van der Waals surface area (Å²) in [4.78, 5) is 36.6. The summed E-state index contributed by atoms with van der Waals surface area (Å²) in [5, 5.41) is -2.07. The quantitative estimate of drug-likeness (QED) is 0.227. The zero-order valence-electron chi connectivity index (χ0n) is 17.6. The topological polar surface area (TPSA) is 115 Å². The van der Waals surface area contributed by atoms with Crippen LogP contribution in [0.25, 0.3) is 0 Å². The molecule has 0 aromatic carbocycles. The Hall–Kier alpha value is -0.740. The van der Waals surface area contributed by atoms with E-state index in [0.29, 0.717) is 18.4 Å². The van der Waals surface area contributed by atoms with E-state index >= 15 is 0 Å². The molecule has 0 aliphatic rings. The molecule has 0 rings (SSSR count). The van der Waals surface area contributed by atoms with E-state index in [2.05, 4.69) is 39.0 Å². The molecule has 6 nitrogen and oxygen atoms in total. The molecule has 0 unspecified atom stereocenters. The van der Waals surface area contributed by atoms with Gasteiger partial charge in [0.1, 0.15) is 0 Å². The Kier molecular flexibility index (Phi) is 12.4. The van der Waals surface area contributed by atoms with Gasteiger partial charge in [-0.25, -0.2) is 0 Å². The molecule has 0 bridgehead atoms. The van der Waals surface area contributed by atoms with Crippen LogP contribution in [0.3, 0.4) is 0 Å². The van der Waals surface area contributed by atoms with Crippen molar-refractivity contribution in [1.82, 2.24) is 0 Å². The average molecular weight is 434 g/mol. The molecule has 0 saturated carbocycles. The summed E-state index contributed by atoms with van der Waals surface area (Å²) in [7, 11) is -9.81. The van der Waals surface area contributed by atoms with Gasteiger partial charge in [-0.15, -0.1) is 0 Å². The second-order valence-electron chi connectivity index (χ2n) is 7.60. The molecule has 0 radical (unpaired) electrons. The Morgan fingerprint density at radius 2 is 1.04 bits per heavy atom. The molecule has 0 aromatic heterocycles. The van der Waals surface area contributed by atoms with E-state index in [1.54, 1.807) is 6.92 Å². The lowest BCUT2D eigenvalue weighted by atomic mass is 10.0. The van der Waals surface area contributed by atoms with Gasteiger partial charge in [-0.3, -0.25) is 9.13 Å². The van der Waals surface area contributed by atoms with Crippen molar-refractivity contribution in [2.24, 2.45) is 0 Å². The van der Waals surface area contributed by atoms with E-state index in [1.807, 2.05) is 6.92 Å². The summed E-state index contributed by atoms with van der Waals surface area (Å²) in [6.45, 7) is 10.0. The van der Waals surface area contributed by atoms with Crippen molar-refractivity contribution in [3.8, 4) is 0 Å². The molecule has 0 aromatic rings. The zero-order chi connectivity index (χ0) is 22.0. The van der Waals surface area contributed by atoms with Gasteiger partial charge in [0.05, 0.1) is 0 Å². The zero-order valence-corrected chi connectivity index (χ0v) is 19.4. The minimum atomic E-state index is -4.91. The van der Waals surface area contributed by atoms with Crippen LogP contribution >= 0.6 is 15.2 Å². The van der Waals surface area contributed by atoms with Crippen molar-refractivity contribution in [2.45, 2.75) is 78.5 Å². The highest BCUT2D eigenvalue weighted by Crippen LogP contribution is 2.60. The molecule has 28 heavy (non-hydrogen) atoms. The van der Waals surface area contributed by atoms with E-state index in [4.69, 9.17) is 19.6 Å². The second kappa shape index (κ2) is 12.7. The van der Waals surface area contributed by atoms with Crippen LogP contribution in [0.15, 0.2) is 46.6 Å². The van der Waals surface area contributed by atoms with Crippen molar-refractivity contribution in [1.29, 1.82) is 0 Å². The number of hydrogen-bond donors (Lipinski definition) is 4. The summed E-state index contributed by atoms with van der Waals surface area (Å²) >= 11 is 0. The smallest absolute Gasteiger partial charge is 0.324 e. The summed E-state index contributed by atoms with van der Waals surface area (Å²) in [5.74, 6) is 0. The standard InChI is InChI=1S/C20H36O6P2/c1-16(2)9-6-10-17(3)11-7-12-18(4)13-8-14-19(5)15-20(27(21,22)23)28(24,25)26/h9,11,13,15,20H,6-8,10,12,14H2,1-5H3,(H2,21,22,23)(H2,24,25,26). The maximum absolute atomic E-state index is 11.3. The molecule has 0 amide bonds. The van der Waals surface area contributed by atoms with Crippen LogP contribution in [-0.2, 0) is 9.13 Å². The number of hydrogen-bond acceptors (Lipinski definition) is 2. The lowest BCUT2D eigenvalue weighted by Gasteiger charge is -2.17.